The topological polar surface area (TPSA) is 44.8 Å². The van der Waals surface area contributed by atoms with Crippen LogP contribution in [0.15, 0.2) is 0 Å². The van der Waals surface area contributed by atoms with E-state index in [0.717, 1.165) is 6.29 Å². The van der Waals surface area contributed by atoms with Crippen LogP contribution in [-0.4, -0.2) is 47.0 Å². The lowest BCUT2D eigenvalue weighted by atomic mass is 10.4. The van der Waals surface area contributed by atoms with Crippen molar-refractivity contribution in [2.75, 3.05) is 26.7 Å². The number of aldehydes is 1. The summed E-state index contributed by atoms with van der Waals surface area (Å²) in [7, 11) is 2.30. The summed E-state index contributed by atoms with van der Waals surface area (Å²) in [5.41, 5.74) is 0. The summed E-state index contributed by atoms with van der Waals surface area (Å²) in [4.78, 5) is 10.3. The number of carbonyl (C=O) groups excluding carboxylic acids is 1. The van der Waals surface area contributed by atoms with Crippen LogP contribution in [0.4, 0.5) is 0 Å². The highest BCUT2D eigenvalue weighted by molar-refractivity contribution is 8.01. The van der Waals surface area contributed by atoms with Crippen molar-refractivity contribution in [2.45, 2.75) is 18.6 Å². The molecule has 0 spiro atoms. The van der Waals surface area contributed by atoms with E-state index >= 15 is 0 Å². The van der Waals surface area contributed by atoms with Crippen LogP contribution in [0.5, 0.6) is 0 Å². The fraction of sp³-hybridized carbons (Fsp3) is 0.875. The Morgan fingerprint density at radius 1 is 1.29 bits per heavy atom. The van der Waals surface area contributed by atoms with Gasteiger partial charge in [-0.15, -0.1) is 0 Å². The summed E-state index contributed by atoms with van der Waals surface area (Å²) in [6, 6.07) is 0. The Labute approximate surface area is 90.7 Å². The van der Waals surface area contributed by atoms with Crippen molar-refractivity contribution in [2.24, 2.45) is 0 Å². The maximum absolute atomic E-state index is 10.3. The van der Waals surface area contributed by atoms with E-state index in [9.17, 15) is 4.79 Å². The average Bonchev–Trinajstić information content (AvgIpc) is 2.21. The van der Waals surface area contributed by atoms with Gasteiger partial charge >= 0.3 is 8.80 Å². The molecule has 0 aliphatic rings. The summed E-state index contributed by atoms with van der Waals surface area (Å²) in [5.74, 6) is 0. The molecule has 0 aliphatic carbocycles. The number of thioether (sulfide) groups is 1. The zero-order valence-electron chi connectivity index (χ0n) is 9.11. The van der Waals surface area contributed by atoms with E-state index in [-0.39, 0.29) is 5.25 Å². The highest BCUT2D eigenvalue weighted by atomic mass is 32.2. The predicted octanol–water partition coefficient (Wildman–Crippen LogP) is 1.11. The third-order valence-corrected chi connectivity index (χ3v) is 6.61. The predicted molar refractivity (Wildman–Crippen MR) is 59.4 cm³/mol. The van der Waals surface area contributed by atoms with Gasteiger partial charge in [0.25, 0.3) is 0 Å². The smallest absolute Gasteiger partial charge is 0.376 e. The van der Waals surface area contributed by atoms with Gasteiger partial charge in [0.05, 0.1) is 5.38 Å². The van der Waals surface area contributed by atoms with Gasteiger partial charge in [0.15, 0.2) is 0 Å². The second-order valence-electron chi connectivity index (χ2n) is 2.82. The highest BCUT2D eigenvalue weighted by Crippen LogP contribution is 2.19. The minimum absolute atomic E-state index is 0.278. The molecule has 0 aromatic carbocycles. The zero-order chi connectivity index (χ0) is 11.0. The van der Waals surface area contributed by atoms with Crippen molar-refractivity contribution in [3.05, 3.63) is 0 Å². The van der Waals surface area contributed by atoms with Gasteiger partial charge < -0.3 is 18.1 Å². The molecular formula is C8H18O4SSi. The first-order valence-electron chi connectivity index (χ1n) is 4.34. The third kappa shape index (κ3) is 4.56. The van der Waals surface area contributed by atoms with Crippen LogP contribution in [0, 0.1) is 0 Å². The maximum Gasteiger partial charge on any atom is 0.510 e. The van der Waals surface area contributed by atoms with Gasteiger partial charge in [-0.05, 0) is 0 Å². The largest absolute Gasteiger partial charge is 0.510 e. The highest BCUT2D eigenvalue weighted by Gasteiger charge is 2.38. The second-order valence-corrected chi connectivity index (χ2v) is 7.70. The number of hydrogen-bond acceptors (Lipinski definition) is 5. The van der Waals surface area contributed by atoms with Crippen molar-refractivity contribution in [1.82, 2.24) is 0 Å². The molecular weight excluding hydrogens is 220 g/mol. The molecule has 0 aromatic rings. The van der Waals surface area contributed by atoms with Crippen molar-refractivity contribution in [3.63, 3.8) is 0 Å². The second kappa shape index (κ2) is 7.41. The van der Waals surface area contributed by atoms with Crippen molar-refractivity contribution < 1.29 is 18.1 Å². The summed E-state index contributed by atoms with van der Waals surface area (Å²) in [6.45, 7) is 2.00. The van der Waals surface area contributed by atoms with E-state index in [2.05, 4.69) is 0 Å². The van der Waals surface area contributed by atoms with Crippen LogP contribution in [-0.2, 0) is 18.1 Å². The third-order valence-electron chi connectivity index (χ3n) is 1.91. The quantitative estimate of drug-likeness (QED) is 0.468. The van der Waals surface area contributed by atoms with Crippen molar-refractivity contribution >= 4 is 26.9 Å². The van der Waals surface area contributed by atoms with E-state index in [4.69, 9.17) is 13.3 Å². The van der Waals surface area contributed by atoms with E-state index in [1.54, 1.807) is 33.1 Å². The van der Waals surface area contributed by atoms with Gasteiger partial charge in [0.1, 0.15) is 6.29 Å². The maximum atomic E-state index is 10.3. The van der Waals surface area contributed by atoms with E-state index in [1.807, 2.05) is 6.92 Å². The molecule has 0 saturated carbocycles. The summed E-state index contributed by atoms with van der Waals surface area (Å²) < 4.78 is 15.8. The number of hydrogen-bond donors (Lipinski definition) is 0. The Hall–Kier alpha value is 0.117. The van der Waals surface area contributed by atoms with Gasteiger partial charge in [-0.3, -0.25) is 0 Å². The molecule has 0 bridgehead atoms. The minimum atomic E-state index is -2.46. The number of carbonyl (C=O) groups is 1. The van der Waals surface area contributed by atoms with Gasteiger partial charge in [0.2, 0.25) is 0 Å². The lowest BCUT2D eigenvalue weighted by Crippen LogP contribution is -2.46. The van der Waals surface area contributed by atoms with Gasteiger partial charge in [0, 0.05) is 33.0 Å². The Morgan fingerprint density at radius 2 is 1.79 bits per heavy atom. The molecule has 1 atom stereocenters. The van der Waals surface area contributed by atoms with Crippen LogP contribution < -0.4 is 0 Å². The van der Waals surface area contributed by atoms with Crippen molar-refractivity contribution in [1.29, 1.82) is 0 Å². The Morgan fingerprint density at radius 3 is 2.14 bits per heavy atom. The summed E-state index contributed by atoms with van der Waals surface area (Å²) in [6.07, 6.45) is 1.47. The van der Waals surface area contributed by atoms with Crippen molar-refractivity contribution in [3.8, 4) is 0 Å². The van der Waals surface area contributed by atoms with Crippen LogP contribution in [0.3, 0.4) is 0 Å². The van der Waals surface area contributed by atoms with Gasteiger partial charge in [-0.25, -0.2) is 0 Å². The van der Waals surface area contributed by atoms with Crippen LogP contribution in [0.25, 0.3) is 0 Å². The van der Waals surface area contributed by atoms with Gasteiger partial charge in [-0.1, -0.05) is 6.92 Å². The first-order chi connectivity index (χ1) is 6.64. The van der Waals surface area contributed by atoms with Crippen LogP contribution in [0.2, 0.25) is 0 Å². The fourth-order valence-corrected chi connectivity index (χ4v) is 4.96. The molecule has 0 fully saturated rings. The summed E-state index contributed by atoms with van der Waals surface area (Å²) in [5, 5.41) is 0.950. The molecule has 0 aliphatic heterocycles. The molecule has 4 nitrogen and oxygen atoms in total. The van der Waals surface area contributed by atoms with Gasteiger partial charge in [-0.2, -0.15) is 11.8 Å². The SMILES string of the molecule is CO[Si](CSC(C)CC=O)(OC)OC. The van der Waals surface area contributed by atoms with Crippen LogP contribution in [0.1, 0.15) is 13.3 Å². The molecule has 14 heavy (non-hydrogen) atoms. The molecule has 0 rings (SSSR count). The molecule has 0 radical (unpaired) electrons. The number of rotatable bonds is 8. The molecule has 0 aromatic heterocycles. The first-order valence-corrected chi connectivity index (χ1v) is 7.33. The Kier molecular flexibility index (Phi) is 7.48. The van der Waals surface area contributed by atoms with E-state index in [0.29, 0.717) is 11.8 Å². The average molecular weight is 238 g/mol. The molecule has 6 heteroatoms. The minimum Gasteiger partial charge on any atom is -0.376 e. The normalized spacial score (nSPS) is 14.0. The molecule has 84 valence electrons. The Balaban J connectivity index is 3.98. The molecule has 1 unspecified atom stereocenters. The molecule has 0 saturated heterocycles. The lowest BCUT2D eigenvalue weighted by Gasteiger charge is -2.24. The van der Waals surface area contributed by atoms with Crippen LogP contribution >= 0.6 is 11.8 Å². The Bertz CT molecular complexity index is 155. The molecule has 0 amide bonds. The fourth-order valence-electron chi connectivity index (χ4n) is 0.875. The van der Waals surface area contributed by atoms with E-state index < -0.39 is 8.80 Å². The first kappa shape index (κ1) is 14.1. The lowest BCUT2D eigenvalue weighted by molar-refractivity contribution is -0.107. The zero-order valence-corrected chi connectivity index (χ0v) is 10.9. The standard InChI is InChI=1S/C8H18O4SSi/c1-8(5-6-9)13-7-14(10-2,11-3)12-4/h6,8H,5,7H2,1-4H3. The monoisotopic (exact) mass is 238 g/mol. The molecule has 0 heterocycles. The summed E-state index contributed by atoms with van der Waals surface area (Å²) >= 11 is 1.64. The molecule has 0 N–H and O–H groups in total. The van der Waals surface area contributed by atoms with E-state index in [1.165, 1.54) is 0 Å².